The quantitative estimate of drug-likeness (QED) is 0.750. The first-order valence-electron chi connectivity index (χ1n) is 6.13. The average Bonchev–Trinajstić information content (AvgIpc) is 2.76. The maximum absolute atomic E-state index is 10.6. The van der Waals surface area contributed by atoms with Crippen molar-refractivity contribution in [2.75, 3.05) is 6.54 Å². The molecule has 3 N–H and O–H groups in total. The van der Waals surface area contributed by atoms with Crippen molar-refractivity contribution in [2.24, 2.45) is 5.73 Å². The molecule has 2 aromatic heterocycles. The molecule has 7 heteroatoms. The summed E-state index contributed by atoms with van der Waals surface area (Å²) < 4.78 is 2.77. The van der Waals surface area contributed by atoms with E-state index in [-0.39, 0.29) is 5.91 Å². The molecule has 2 aromatic rings. The maximum Gasteiger partial charge on any atom is 0.217 e. The first kappa shape index (κ1) is 14.0. The molecule has 102 valence electrons. The summed E-state index contributed by atoms with van der Waals surface area (Å²) in [7, 11) is 0. The summed E-state index contributed by atoms with van der Waals surface area (Å²) in [5, 5.41) is 3.32. The Morgan fingerprint density at radius 2 is 2.21 bits per heavy atom. The summed E-state index contributed by atoms with van der Waals surface area (Å²) in [6.45, 7) is 1.58. The van der Waals surface area contributed by atoms with Crippen LogP contribution in [0.3, 0.4) is 0 Å². The van der Waals surface area contributed by atoms with Crippen LogP contribution in [0.25, 0.3) is 5.65 Å². The minimum Gasteiger partial charge on any atom is -0.370 e. The molecule has 0 spiro atoms. The molecular weight excluding hydrogens is 310 g/mol. The van der Waals surface area contributed by atoms with Crippen molar-refractivity contribution >= 4 is 27.5 Å². The maximum atomic E-state index is 10.6. The number of carbonyl (C=O) groups excluding carboxylic acids is 1. The van der Waals surface area contributed by atoms with Crippen LogP contribution in [0.4, 0.5) is 0 Å². The number of carbonyl (C=O) groups is 1. The summed E-state index contributed by atoms with van der Waals surface area (Å²) in [6.07, 6.45) is 7.67. The summed E-state index contributed by atoms with van der Waals surface area (Å²) in [5.41, 5.74) is 6.98. The first-order chi connectivity index (χ1) is 9.16. The molecule has 6 nitrogen and oxygen atoms in total. The van der Waals surface area contributed by atoms with Crippen LogP contribution in [0, 0.1) is 0 Å². The Bertz CT molecular complexity index is 568. The highest BCUT2D eigenvalue weighted by molar-refractivity contribution is 9.10. The van der Waals surface area contributed by atoms with Crippen LogP contribution >= 0.6 is 15.9 Å². The topological polar surface area (TPSA) is 85.3 Å². The third kappa shape index (κ3) is 4.00. The number of hydrogen-bond acceptors (Lipinski definition) is 4. The van der Waals surface area contributed by atoms with Gasteiger partial charge < -0.3 is 11.1 Å². The fourth-order valence-electron chi connectivity index (χ4n) is 1.81. The monoisotopic (exact) mass is 325 g/mol. The lowest BCUT2D eigenvalue weighted by Crippen LogP contribution is -2.17. The fourth-order valence-corrected chi connectivity index (χ4v) is 2.12. The second-order valence-corrected chi connectivity index (χ2v) is 5.10. The Hall–Kier alpha value is -1.47. The van der Waals surface area contributed by atoms with Crippen LogP contribution in [-0.2, 0) is 11.3 Å². The zero-order valence-corrected chi connectivity index (χ0v) is 12.1. The molecule has 0 unspecified atom stereocenters. The molecule has 0 saturated carbocycles. The van der Waals surface area contributed by atoms with E-state index in [0.717, 1.165) is 41.9 Å². The van der Waals surface area contributed by atoms with Crippen LogP contribution < -0.4 is 11.1 Å². The second-order valence-electron chi connectivity index (χ2n) is 4.29. The molecule has 0 bridgehead atoms. The van der Waals surface area contributed by atoms with E-state index in [1.165, 1.54) is 0 Å². The average molecular weight is 326 g/mol. The standard InChI is InChI=1S/C12H16BrN5O/c13-10-8-18-9(6-17-12(18)7-16-10)5-15-4-2-1-3-11(14)19/h6-8,15H,1-5H2,(H2,14,19). The van der Waals surface area contributed by atoms with Crippen molar-refractivity contribution in [3.05, 3.63) is 28.9 Å². The van der Waals surface area contributed by atoms with Gasteiger partial charge in [0, 0.05) is 19.2 Å². The number of nitrogens with zero attached hydrogens (tertiary/aromatic N) is 3. The minimum atomic E-state index is -0.237. The van der Waals surface area contributed by atoms with Crippen molar-refractivity contribution in [1.82, 2.24) is 19.7 Å². The van der Waals surface area contributed by atoms with Gasteiger partial charge in [0.15, 0.2) is 5.65 Å². The predicted molar refractivity (Wildman–Crippen MR) is 75.4 cm³/mol. The Labute approximate surface area is 119 Å². The van der Waals surface area contributed by atoms with E-state index >= 15 is 0 Å². The lowest BCUT2D eigenvalue weighted by atomic mass is 10.2. The van der Waals surface area contributed by atoms with Crippen molar-refractivity contribution < 1.29 is 4.79 Å². The zero-order chi connectivity index (χ0) is 13.7. The number of primary amides is 1. The molecule has 0 radical (unpaired) electrons. The largest absolute Gasteiger partial charge is 0.370 e. The van der Waals surface area contributed by atoms with Gasteiger partial charge in [0.05, 0.1) is 18.1 Å². The molecule has 19 heavy (non-hydrogen) atoms. The van der Waals surface area contributed by atoms with Gasteiger partial charge in [0.2, 0.25) is 5.91 Å². The normalized spacial score (nSPS) is 11.0. The van der Waals surface area contributed by atoms with Crippen molar-refractivity contribution in [3.8, 4) is 0 Å². The van der Waals surface area contributed by atoms with Crippen LogP contribution in [0.2, 0.25) is 0 Å². The zero-order valence-electron chi connectivity index (χ0n) is 10.5. The number of hydrogen-bond donors (Lipinski definition) is 2. The highest BCUT2D eigenvalue weighted by Crippen LogP contribution is 2.10. The van der Waals surface area contributed by atoms with Crippen LogP contribution in [-0.4, -0.2) is 26.8 Å². The van der Waals surface area contributed by atoms with Gasteiger partial charge in [-0.25, -0.2) is 9.97 Å². The summed E-state index contributed by atoms with van der Waals surface area (Å²) in [5.74, 6) is -0.237. The summed E-state index contributed by atoms with van der Waals surface area (Å²) >= 11 is 3.34. The molecule has 0 saturated heterocycles. The van der Waals surface area contributed by atoms with E-state index < -0.39 is 0 Å². The number of nitrogens with two attached hydrogens (primary N) is 1. The number of aromatic nitrogens is 3. The SMILES string of the molecule is NC(=O)CCCCNCc1cnc2cnc(Br)cn12. The smallest absolute Gasteiger partial charge is 0.217 e. The minimum absolute atomic E-state index is 0.237. The summed E-state index contributed by atoms with van der Waals surface area (Å²) in [6, 6.07) is 0. The van der Waals surface area contributed by atoms with E-state index in [2.05, 4.69) is 31.2 Å². The van der Waals surface area contributed by atoms with Crippen molar-refractivity contribution in [2.45, 2.75) is 25.8 Å². The van der Waals surface area contributed by atoms with Gasteiger partial charge in [0.1, 0.15) is 4.60 Å². The Kier molecular flexibility index (Phi) is 4.86. The molecule has 2 rings (SSSR count). The Morgan fingerprint density at radius 3 is 3.00 bits per heavy atom. The molecule has 0 aromatic carbocycles. The highest BCUT2D eigenvalue weighted by atomic mass is 79.9. The number of amides is 1. The number of unbranched alkanes of at least 4 members (excludes halogenated alkanes) is 1. The summed E-state index contributed by atoms with van der Waals surface area (Å²) in [4.78, 5) is 19.0. The predicted octanol–water partition coefficient (Wildman–Crippen LogP) is 1.24. The van der Waals surface area contributed by atoms with Gasteiger partial charge >= 0.3 is 0 Å². The lowest BCUT2D eigenvalue weighted by molar-refractivity contribution is -0.118. The Morgan fingerprint density at radius 1 is 1.37 bits per heavy atom. The molecular formula is C12H16BrN5O. The molecule has 0 fully saturated rings. The van der Waals surface area contributed by atoms with E-state index in [1.54, 1.807) is 6.20 Å². The third-order valence-electron chi connectivity index (χ3n) is 2.77. The van der Waals surface area contributed by atoms with Gasteiger partial charge in [-0.05, 0) is 35.3 Å². The third-order valence-corrected chi connectivity index (χ3v) is 3.18. The lowest BCUT2D eigenvalue weighted by Gasteiger charge is -2.04. The van der Waals surface area contributed by atoms with Gasteiger partial charge in [-0.3, -0.25) is 9.20 Å². The number of rotatable bonds is 7. The van der Waals surface area contributed by atoms with E-state index in [4.69, 9.17) is 5.73 Å². The molecule has 1 amide bonds. The number of imidazole rings is 1. The number of halogens is 1. The van der Waals surface area contributed by atoms with Crippen molar-refractivity contribution in [3.63, 3.8) is 0 Å². The number of fused-ring (bicyclic) bond motifs is 1. The Balaban J connectivity index is 1.81. The molecule has 0 aliphatic rings. The first-order valence-corrected chi connectivity index (χ1v) is 6.92. The van der Waals surface area contributed by atoms with E-state index in [1.807, 2.05) is 16.8 Å². The number of nitrogens with one attached hydrogen (secondary N) is 1. The van der Waals surface area contributed by atoms with Crippen molar-refractivity contribution in [1.29, 1.82) is 0 Å². The molecule has 0 aliphatic carbocycles. The second kappa shape index (κ2) is 6.63. The molecule has 0 atom stereocenters. The van der Waals surface area contributed by atoms with Crippen LogP contribution in [0.1, 0.15) is 25.0 Å². The van der Waals surface area contributed by atoms with E-state index in [0.29, 0.717) is 6.42 Å². The van der Waals surface area contributed by atoms with Crippen LogP contribution in [0.15, 0.2) is 23.2 Å². The van der Waals surface area contributed by atoms with E-state index in [9.17, 15) is 4.79 Å². The molecule has 2 heterocycles. The van der Waals surface area contributed by atoms with Crippen LogP contribution in [0.5, 0.6) is 0 Å². The highest BCUT2D eigenvalue weighted by Gasteiger charge is 2.03. The van der Waals surface area contributed by atoms with Gasteiger partial charge in [-0.2, -0.15) is 0 Å². The fraction of sp³-hybridized carbons (Fsp3) is 0.417. The molecule has 0 aliphatic heterocycles. The van der Waals surface area contributed by atoms with Gasteiger partial charge in [-0.15, -0.1) is 0 Å². The van der Waals surface area contributed by atoms with Gasteiger partial charge in [-0.1, -0.05) is 0 Å². The van der Waals surface area contributed by atoms with Gasteiger partial charge in [0.25, 0.3) is 0 Å².